The number of hydrogen-bond acceptors (Lipinski definition) is 3. The Morgan fingerprint density at radius 2 is 1.72 bits per heavy atom. The minimum Gasteiger partial charge on any atom is -0.493 e. The predicted molar refractivity (Wildman–Crippen MR) is 99.6 cm³/mol. The van der Waals surface area contributed by atoms with Crippen molar-refractivity contribution in [1.82, 2.24) is 9.55 Å². The second-order valence-electron chi connectivity index (χ2n) is 7.69. The zero-order chi connectivity index (χ0) is 17.6. The van der Waals surface area contributed by atoms with Crippen LogP contribution in [0, 0.1) is 5.41 Å². The number of nitrogens with zero attached hydrogens (tertiary/aromatic N) is 2. The molecule has 0 amide bonds. The largest absolute Gasteiger partial charge is 0.493 e. The third kappa shape index (κ3) is 2.86. The first-order valence-electron chi connectivity index (χ1n) is 8.67. The van der Waals surface area contributed by atoms with Crippen LogP contribution in [0.5, 0.6) is 11.5 Å². The maximum atomic E-state index is 5.42. The number of hydrogen-bond donors (Lipinski definition) is 0. The molecule has 0 spiro atoms. The summed E-state index contributed by atoms with van der Waals surface area (Å²) in [5, 5.41) is 0. The van der Waals surface area contributed by atoms with Crippen LogP contribution >= 0.6 is 0 Å². The predicted octanol–water partition coefficient (Wildman–Crippen LogP) is 4.23. The molecule has 0 bridgehead atoms. The second-order valence-corrected chi connectivity index (χ2v) is 7.69. The first-order chi connectivity index (χ1) is 12.0. The van der Waals surface area contributed by atoms with Crippen LogP contribution in [-0.4, -0.2) is 23.8 Å². The fourth-order valence-electron chi connectivity index (χ4n) is 3.92. The molecular formula is C21H24N2O2. The van der Waals surface area contributed by atoms with E-state index < -0.39 is 0 Å². The van der Waals surface area contributed by atoms with Crippen molar-refractivity contribution in [2.24, 2.45) is 5.41 Å². The van der Waals surface area contributed by atoms with Crippen LogP contribution in [0.4, 0.5) is 0 Å². The van der Waals surface area contributed by atoms with E-state index in [0.717, 1.165) is 42.0 Å². The second kappa shape index (κ2) is 5.80. The number of fused-ring (bicyclic) bond motifs is 2. The Labute approximate surface area is 148 Å². The average Bonchev–Trinajstić information content (AvgIpc) is 3.10. The standard InChI is InChI=1S/C21H24N2O2/c1-21(2)10-15-8-17-18(9-16(15)11-21)23(13-22-17)12-14-5-6-19(24-3)20(7-14)25-4/h5-9,13H,10-12H2,1-4H3. The van der Waals surface area contributed by atoms with Crippen molar-refractivity contribution in [2.75, 3.05) is 14.2 Å². The van der Waals surface area contributed by atoms with Crippen molar-refractivity contribution in [3.8, 4) is 11.5 Å². The van der Waals surface area contributed by atoms with Crippen LogP contribution in [0.25, 0.3) is 11.0 Å². The molecule has 1 aliphatic rings. The van der Waals surface area contributed by atoms with Gasteiger partial charge < -0.3 is 14.0 Å². The van der Waals surface area contributed by atoms with Crippen LogP contribution in [0.15, 0.2) is 36.7 Å². The molecule has 130 valence electrons. The van der Waals surface area contributed by atoms with Crippen LogP contribution in [0.1, 0.15) is 30.5 Å². The van der Waals surface area contributed by atoms with Gasteiger partial charge in [-0.25, -0.2) is 4.98 Å². The zero-order valence-corrected chi connectivity index (χ0v) is 15.3. The number of aromatic nitrogens is 2. The van der Waals surface area contributed by atoms with E-state index in [1.54, 1.807) is 14.2 Å². The first-order valence-corrected chi connectivity index (χ1v) is 8.67. The van der Waals surface area contributed by atoms with E-state index >= 15 is 0 Å². The molecule has 1 aliphatic carbocycles. The molecule has 0 N–H and O–H groups in total. The van der Waals surface area contributed by atoms with E-state index in [1.807, 2.05) is 18.5 Å². The third-order valence-electron chi connectivity index (χ3n) is 5.08. The fraction of sp³-hybridized carbons (Fsp3) is 0.381. The Kier molecular flexibility index (Phi) is 3.71. The lowest BCUT2D eigenvalue weighted by atomic mass is 9.90. The lowest BCUT2D eigenvalue weighted by Gasteiger charge is -2.14. The van der Waals surface area contributed by atoms with Gasteiger partial charge in [-0.05, 0) is 59.2 Å². The van der Waals surface area contributed by atoms with Crippen molar-refractivity contribution in [3.05, 3.63) is 53.3 Å². The monoisotopic (exact) mass is 336 g/mol. The average molecular weight is 336 g/mol. The quantitative estimate of drug-likeness (QED) is 0.715. The smallest absolute Gasteiger partial charge is 0.161 e. The summed E-state index contributed by atoms with van der Waals surface area (Å²) in [4.78, 5) is 4.62. The Balaban J connectivity index is 1.69. The Bertz CT molecular complexity index is 940. The van der Waals surface area contributed by atoms with Crippen molar-refractivity contribution in [3.63, 3.8) is 0 Å². The van der Waals surface area contributed by atoms with Gasteiger partial charge in [-0.15, -0.1) is 0 Å². The molecule has 3 aromatic rings. The molecule has 0 unspecified atom stereocenters. The Morgan fingerprint density at radius 3 is 2.44 bits per heavy atom. The van der Waals surface area contributed by atoms with E-state index in [0.29, 0.717) is 5.41 Å². The highest BCUT2D eigenvalue weighted by Gasteiger charge is 2.29. The zero-order valence-electron chi connectivity index (χ0n) is 15.3. The summed E-state index contributed by atoms with van der Waals surface area (Å²) in [6.45, 7) is 5.44. The lowest BCUT2D eigenvalue weighted by Crippen LogP contribution is -2.09. The van der Waals surface area contributed by atoms with E-state index in [4.69, 9.17) is 9.47 Å². The van der Waals surface area contributed by atoms with Crippen LogP contribution < -0.4 is 9.47 Å². The SMILES string of the molecule is COc1ccc(Cn2cnc3cc4c(cc32)CC(C)(C)C4)cc1OC. The van der Waals surface area contributed by atoms with Gasteiger partial charge in [0, 0.05) is 6.54 Å². The number of benzene rings is 2. The van der Waals surface area contributed by atoms with Crippen LogP contribution in [0.3, 0.4) is 0 Å². The van der Waals surface area contributed by atoms with Crippen LogP contribution in [-0.2, 0) is 19.4 Å². The summed E-state index contributed by atoms with van der Waals surface area (Å²) in [7, 11) is 3.32. The van der Waals surface area contributed by atoms with Gasteiger partial charge in [-0.2, -0.15) is 0 Å². The van der Waals surface area contributed by atoms with Crippen molar-refractivity contribution < 1.29 is 9.47 Å². The van der Waals surface area contributed by atoms with Gasteiger partial charge >= 0.3 is 0 Å². The fourth-order valence-corrected chi connectivity index (χ4v) is 3.92. The summed E-state index contributed by atoms with van der Waals surface area (Å²) in [6.07, 6.45) is 4.21. The molecule has 0 saturated heterocycles. The molecule has 2 aromatic carbocycles. The molecular weight excluding hydrogens is 312 g/mol. The molecule has 0 radical (unpaired) electrons. The normalized spacial score (nSPS) is 15.4. The van der Waals surface area contributed by atoms with E-state index in [9.17, 15) is 0 Å². The van der Waals surface area contributed by atoms with Crippen molar-refractivity contribution >= 4 is 11.0 Å². The molecule has 0 fully saturated rings. The highest BCUT2D eigenvalue weighted by molar-refractivity contribution is 5.78. The summed E-state index contributed by atoms with van der Waals surface area (Å²) in [5.41, 5.74) is 6.72. The van der Waals surface area contributed by atoms with Crippen molar-refractivity contribution in [2.45, 2.75) is 33.2 Å². The van der Waals surface area contributed by atoms with E-state index in [1.165, 1.54) is 16.6 Å². The Hall–Kier alpha value is -2.49. The van der Waals surface area contributed by atoms with Gasteiger partial charge in [-0.1, -0.05) is 19.9 Å². The number of methoxy groups -OCH3 is 2. The molecule has 0 saturated carbocycles. The van der Waals surface area contributed by atoms with Gasteiger partial charge in [0.15, 0.2) is 11.5 Å². The van der Waals surface area contributed by atoms with Crippen molar-refractivity contribution in [1.29, 1.82) is 0 Å². The summed E-state index contributed by atoms with van der Waals surface area (Å²) in [6, 6.07) is 10.6. The van der Waals surface area contributed by atoms with Gasteiger partial charge in [0.1, 0.15) is 0 Å². The summed E-state index contributed by atoms with van der Waals surface area (Å²) >= 11 is 0. The minimum atomic E-state index is 0.356. The molecule has 25 heavy (non-hydrogen) atoms. The molecule has 4 heteroatoms. The van der Waals surface area contributed by atoms with E-state index in [-0.39, 0.29) is 0 Å². The summed E-state index contributed by atoms with van der Waals surface area (Å²) in [5.74, 6) is 1.51. The van der Waals surface area contributed by atoms with Gasteiger partial charge in [0.05, 0.1) is 31.6 Å². The number of ether oxygens (including phenoxy) is 2. The molecule has 4 rings (SSSR count). The summed E-state index contributed by atoms with van der Waals surface area (Å²) < 4.78 is 12.9. The minimum absolute atomic E-state index is 0.356. The molecule has 0 aliphatic heterocycles. The number of imidazole rings is 1. The number of rotatable bonds is 4. The maximum Gasteiger partial charge on any atom is 0.161 e. The van der Waals surface area contributed by atoms with E-state index in [2.05, 4.69) is 41.6 Å². The Morgan fingerprint density at radius 1 is 1.00 bits per heavy atom. The highest BCUT2D eigenvalue weighted by Crippen LogP contribution is 2.38. The van der Waals surface area contributed by atoms with Crippen LogP contribution in [0.2, 0.25) is 0 Å². The molecule has 1 heterocycles. The molecule has 1 aromatic heterocycles. The van der Waals surface area contributed by atoms with Gasteiger partial charge in [0.25, 0.3) is 0 Å². The highest BCUT2D eigenvalue weighted by atomic mass is 16.5. The van der Waals surface area contributed by atoms with Gasteiger partial charge in [-0.3, -0.25) is 0 Å². The first kappa shape index (κ1) is 16.0. The maximum absolute atomic E-state index is 5.42. The topological polar surface area (TPSA) is 36.3 Å². The molecule has 0 atom stereocenters. The third-order valence-corrected chi connectivity index (χ3v) is 5.08. The lowest BCUT2D eigenvalue weighted by molar-refractivity contribution is 0.354. The van der Waals surface area contributed by atoms with Gasteiger partial charge in [0.2, 0.25) is 0 Å². The molecule has 4 nitrogen and oxygen atoms in total.